The Balaban J connectivity index is 1.47. The molecule has 0 unspecified atom stereocenters. The molecular formula is C27H40FN9O3. The molecule has 1 fully saturated rings. The molecule has 1 aromatic carbocycles. The summed E-state index contributed by atoms with van der Waals surface area (Å²) in [5, 5.41) is 20.6. The molecule has 3 aromatic rings. The van der Waals surface area contributed by atoms with E-state index in [4.69, 9.17) is 10.5 Å². The Kier molecular flexibility index (Phi) is 9.25. The van der Waals surface area contributed by atoms with E-state index in [1.165, 1.54) is 6.07 Å². The van der Waals surface area contributed by atoms with Gasteiger partial charge in [-0.15, -0.1) is 0 Å². The van der Waals surface area contributed by atoms with Gasteiger partial charge < -0.3 is 36.0 Å². The molecule has 0 saturated carbocycles. The molecule has 40 heavy (non-hydrogen) atoms. The fraction of sp³-hybridized carbons (Fsp3) is 0.556. The molecule has 0 bridgehead atoms. The van der Waals surface area contributed by atoms with Crippen LogP contribution in [0.2, 0.25) is 0 Å². The van der Waals surface area contributed by atoms with Crippen LogP contribution in [0.4, 0.5) is 21.8 Å². The normalized spacial score (nSPS) is 14.2. The Morgan fingerprint density at radius 1 is 1.23 bits per heavy atom. The van der Waals surface area contributed by atoms with Gasteiger partial charge in [0.1, 0.15) is 22.6 Å². The lowest BCUT2D eigenvalue weighted by molar-refractivity contribution is -0.130. The number of rotatable bonds is 12. The van der Waals surface area contributed by atoms with Crippen LogP contribution in [-0.2, 0) is 11.3 Å². The molecule has 0 atom stereocenters. The summed E-state index contributed by atoms with van der Waals surface area (Å²) in [7, 11) is 1.56. The minimum Gasteiger partial charge on any atom is -0.496 e. The minimum absolute atomic E-state index is 0.0435. The monoisotopic (exact) mass is 557 g/mol. The van der Waals surface area contributed by atoms with Crippen LogP contribution in [0.15, 0.2) is 18.3 Å². The van der Waals surface area contributed by atoms with Crippen molar-refractivity contribution >= 4 is 34.4 Å². The van der Waals surface area contributed by atoms with Gasteiger partial charge in [0.2, 0.25) is 11.9 Å². The second kappa shape index (κ2) is 12.6. The molecule has 0 spiro atoms. The van der Waals surface area contributed by atoms with Crippen molar-refractivity contribution in [3.8, 4) is 5.75 Å². The highest BCUT2D eigenvalue weighted by molar-refractivity contribution is 5.86. The summed E-state index contributed by atoms with van der Waals surface area (Å²) in [4.78, 5) is 24.9. The van der Waals surface area contributed by atoms with Crippen LogP contribution in [0.25, 0.3) is 11.0 Å². The average Bonchev–Trinajstić information content (AvgIpc) is 3.30. The highest BCUT2D eigenvalue weighted by Gasteiger charge is 2.25. The Hall–Kier alpha value is -3.71. The van der Waals surface area contributed by atoms with Gasteiger partial charge >= 0.3 is 0 Å². The molecule has 4 rings (SSSR count). The Labute approximate surface area is 233 Å². The van der Waals surface area contributed by atoms with E-state index in [-0.39, 0.29) is 30.8 Å². The van der Waals surface area contributed by atoms with Gasteiger partial charge in [-0.2, -0.15) is 10.1 Å². The number of nitrogens with one attached hydrogen (secondary N) is 2. The molecule has 1 saturated heterocycles. The maximum absolute atomic E-state index is 15.5. The number of ether oxygens (including phenoxy) is 1. The first-order valence-corrected chi connectivity index (χ1v) is 13.6. The third kappa shape index (κ3) is 7.07. The molecule has 2 aromatic heterocycles. The number of carbonyl (C=O) groups excluding carboxylic acids is 1. The zero-order valence-corrected chi connectivity index (χ0v) is 23.7. The number of aliphatic hydroxyl groups is 1. The van der Waals surface area contributed by atoms with Crippen molar-refractivity contribution in [2.75, 3.05) is 68.9 Å². The van der Waals surface area contributed by atoms with Crippen LogP contribution < -0.4 is 26.0 Å². The van der Waals surface area contributed by atoms with Crippen molar-refractivity contribution in [1.82, 2.24) is 30.0 Å². The van der Waals surface area contributed by atoms with Gasteiger partial charge in [-0.3, -0.25) is 9.48 Å². The van der Waals surface area contributed by atoms with Gasteiger partial charge in [-0.1, -0.05) is 13.3 Å². The molecule has 12 nitrogen and oxygen atoms in total. The fourth-order valence-corrected chi connectivity index (χ4v) is 4.73. The van der Waals surface area contributed by atoms with Gasteiger partial charge in [0, 0.05) is 50.9 Å². The summed E-state index contributed by atoms with van der Waals surface area (Å²) in [6, 6.07) is 3.18. The number of nitrogen functional groups attached to an aromatic ring is 1. The van der Waals surface area contributed by atoms with Crippen molar-refractivity contribution in [2.24, 2.45) is 0 Å². The molecule has 0 aliphatic carbocycles. The average molecular weight is 558 g/mol. The van der Waals surface area contributed by atoms with Gasteiger partial charge in [-0.25, -0.2) is 9.37 Å². The Bertz CT molecular complexity index is 1320. The van der Waals surface area contributed by atoms with Gasteiger partial charge in [-0.05, 0) is 26.3 Å². The number of nitrogens with two attached hydrogens (primary N) is 1. The van der Waals surface area contributed by atoms with E-state index in [0.29, 0.717) is 66.6 Å². The number of halogens is 1. The molecule has 5 N–H and O–H groups in total. The number of carbonyl (C=O) groups is 1. The zero-order valence-electron chi connectivity index (χ0n) is 23.7. The van der Waals surface area contributed by atoms with Crippen molar-refractivity contribution in [2.45, 2.75) is 45.8 Å². The minimum atomic E-state index is -0.887. The maximum Gasteiger partial charge on any atom is 0.236 e. The number of amides is 1. The number of benzene rings is 1. The van der Waals surface area contributed by atoms with Crippen LogP contribution >= 0.6 is 0 Å². The highest BCUT2D eigenvalue weighted by Crippen LogP contribution is 2.31. The summed E-state index contributed by atoms with van der Waals surface area (Å²) in [5.41, 5.74) is 7.35. The molecule has 3 heterocycles. The molecule has 1 amide bonds. The van der Waals surface area contributed by atoms with Crippen LogP contribution in [0.5, 0.6) is 5.75 Å². The largest absolute Gasteiger partial charge is 0.496 e. The third-order valence-electron chi connectivity index (χ3n) is 6.81. The molecular weight excluding hydrogens is 517 g/mol. The van der Waals surface area contributed by atoms with E-state index in [1.54, 1.807) is 42.8 Å². The lowest BCUT2D eigenvalue weighted by Crippen LogP contribution is -2.51. The lowest BCUT2D eigenvalue weighted by Gasteiger charge is -2.36. The van der Waals surface area contributed by atoms with E-state index in [1.807, 2.05) is 4.90 Å². The first-order chi connectivity index (χ1) is 19.1. The van der Waals surface area contributed by atoms with E-state index in [9.17, 15) is 9.90 Å². The predicted octanol–water partition coefficient (Wildman–Crippen LogP) is 1.83. The topological polar surface area (TPSA) is 147 Å². The van der Waals surface area contributed by atoms with Crippen LogP contribution in [-0.4, -0.2) is 94.2 Å². The van der Waals surface area contributed by atoms with Crippen molar-refractivity contribution in [3.05, 3.63) is 29.7 Å². The van der Waals surface area contributed by atoms with Crippen LogP contribution in [0.3, 0.4) is 0 Å². The van der Waals surface area contributed by atoms with Gasteiger partial charge in [0.05, 0.1) is 37.7 Å². The number of hydrogen-bond donors (Lipinski definition) is 4. The number of aromatic nitrogens is 4. The molecule has 0 radical (unpaired) electrons. The van der Waals surface area contributed by atoms with Crippen LogP contribution in [0, 0.1) is 5.82 Å². The van der Waals surface area contributed by atoms with Crippen molar-refractivity contribution in [3.63, 3.8) is 0 Å². The summed E-state index contributed by atoms with van der Waals surface area (Å²) in [5.74, 6) is 0.864. The number of unbranched alkanes of at least 4 members (excludes halogenated alkanes) is 1. The van der Waals surface area contributed by atoms with Gasteiger partial charge in [0.25, 0.3) is 0 Å². The van der Waals surface area contributed by atoms with Gasteiger partial charge in [0.15, 0.2) is 5.82 Å². The van der Waals surface area contributed by atoms with Crippen molar-refractivity contribution in [1.29, 1.82) is 0 Å². The first kappa shape index (κ1) is 29.3. The summed E-state index contributed by atoms with van der Waals surface area (Å²) < 4.78 is 22.8. The lowest BCUT2D eigenvalue weighted by atomic mass is 10.1. The molecule has 1 aliphatic heterocycles. The van der Waals surface area contributed by atoms with E-state index < -0.39 is 5.60 Å². The summed E-state index contributed by atoms with van der Waals surface area (Å²) in [6.07, 6.45) is 3.63. The second-order valence-electron chi connectivity index (χ2n) is 10.6. The quantitative estimate of drug-likeness (QED) is 0.243. The molecule has 13 heteroatoms. The number of nitrogens with zero attached hydrogens (tertiary/aromatic N) is 6. The SMILES string of the molecule is CCCCNc1nc(N)nc2cnn(Cc3cc(F)c(N4CCN(C(=O)CNCC(C)(C)O)CC4)cc3OC)c12. The Morgan fingerprint density at radius 3 is 2.65 bits per heavy atom. The summed E-state index contributed by atoms with van der Waals surface area (Å²) >= 11 is 0. The van der Waals surface area contributed by atoms with E-state index in [0.717, 1.165) is 19.4 Å². The smallest absolute Gasteiger partial charge is 0.236 e. The maximum atomic E-state index is 15.5. The number of piperazine rings is 1. The standard InChI is InChI=1S/C27H40FN9O3/c1-5-6-7-31-25-24-20(33-26(29)34-25)14-32-37(24)16-18-12-19(28)21(13-22(18)40-4)35-8-10-36(11-9-35)23(38)15-30-17-27(2,3)39/h12-14,30,39H,5-11,15-17H2,1-4H3,(H3,29,31,33,34). The highest BCUT2D eigenvalue weighted by atomic mass is 19.1. The van der Waals surface area contributed by atoms with E-state index in [2.05, 4.69) is 32.6 Å². The number of hydrogen-bond acceptors (Lipinski definition) is 10. The molecule has 218 valence electrons. The second-order valence-corrected chi connectivity index (χ2v) is 10.6. The fourth-order valence-electron chi connectivity index (χ4n) is 4.73. The number of methoxy groups -OCH3 is 1. The first-order valence-electron chi connectivity index (χ1n) is 13.6. The number of anilines is 3. The van der Waals surface area contributed by atoms with Crippen LogP contribution in [0.1, 0.15) is 39.2 Å². The number of fused-ring (bicyclic) bond motifs is 1. The van der Waals surface area contributed by atoms with Crippen molar-refractivity contribution < 1.29 is 19.0 Å². The third-order valence-corrected chi connectivity index (χ3v) is 6.81. The summed E-state index contributed by atoms with van der Waals surface area (Å²) in [6.45, 7) is 8.86. The molecule has 1 aliphatic rings. The Morgan fingerprint density at radius 2 is 1.98 bits per heavy atom. The predicted molar refractivity (Wildman–Crippen MR) is 153 cm³/mol. The van der Waals surface area contributed by atoms with E-state index >= 15 is 4.39 Å². The zero-order chi connectivity index (χ0) is 28.9.